The van der Waals surface area contributed by atoms with Crippen LogP contribution in [-0.4, -0.2) is 50.7 Å². The second-order valence-electron chi connectivity index (χ2n) is 5.84. The summed E-state index contributed by atoms with van der Waals surface area (Å²) >= 11 is 0. The number of hydrogen-bond donors (Lipinski definition) is 0. The standard InChI is InChI=1S/C15H21FN2O3S/c1-11-9-13(16)6-7-14(11)22(20,21)18-8-4-5-12(10-18)15(19)17(2)3/h6-7,9,12H,4-5,8,10H2,1-3H3/t12-/m0/s1. The fourth-order valence-corrected chi connectivity index (χ4v) is 4.50. The molecule has 0 unspecified atom stereocenters. The van der Waals surface area contributed by atoms with E-state index in [1.165, 1.54) is 21.3 Å². The van der Waals surface area contributed by atoms with Crippen LogP contribution in [0.4, 0.5) is 4.39 Å². The molecule has 0 bridgehead atoms. The number of amides is 1. The number of sulfonamides is 1. The van der Waals surface area contributed by atoms with Crippen molar-refractivity contribution in [2.45, 2.75) is 24.7 Å². The van der Waals surface area contributed by atoms with Crippen molar-refractivity contribution in [3.8, 4) is 0 Å². The molecule has 1 fully saturated rings. The maximum Gasteiger partial charge on any atom is 0.243 e. The van der Waals surface area contributed by atoms with E-state index in [4.69, 9.17) is 0 Å². The average molecular weight is 328 g/mol. The van der Waals surface area contributed by atoms with E-state index in [0.29, 0.717) is 24.9 Å². The molecule has 2 rings (SSSR count). The number of carbonyl (C=O) groups excluding carboxylic acids is 1. The van der Waals surface area contributed by atoms with Gasteiger partial charge in [0.15, 0.2) is 0 Å². The van der Waals surface area contributed by atoms with Gasteiger partial charge >= 0.3 is 0 Å². The summed E-state index contributed by atoms with van der Waals surface area (Å²) in [5.41, 5.74) is 0.376. The Morgan fingerprint density at radius 1 is 1.36 bits per heavy atom. The molecular formula is C15H21FN2O3S. The Kier molecular flexibility index (Phi) is 4.87. The second-order valence-corrected chi connectivity index (χ2v) is 7.75. The molecule has 1 heterocycles. The number of nitrogens with zero attached hydrogens (tertiary/aromatic N) is 2. The third-order valence-corrected chi connectivity index (χ3v) is 5.95. The minimum atomic E-state index is -3.71. The van der Waals surface area contributed by atoms with Crippen LogP contribution in [0.25, 0.3) is 0 Å². The Hall–Kier alpha value is -1.47. The van der Waals surface area contributed by atoms with E-state index >= 15 is 0 Å². The molecule has 7 heteroatoms. The summed E-state index contributed by atoms with van der Waals surface area (Å²) in [6, 6.07) is 3.64. The Morgan fingerprint density at radius 3 is 2.64 bits per heavy atom. The van der Waals surface area contributed by atoms with Crippen LogP contribution >= 0.6 is 0 Å². The van der Waals surface area contributed by atoms with Gasteiger partial charge in [0.25, 0.3) is 0 Å². The Balaban J connectivity index is 2.27. The highest BCUT2D eigenvalue weighted by Gasteiger charge is 2.34. The minimum absolute atomic E-state index is 0.0595. The highest BCUT2D eigenvalue weighted by Crippen LogP contribution is 2.26. The van der Waals surface area contributed by atoms with Gasteiger partial charge in [0.2, 0.25) is 15.9 Å². The molecule has 0 radical (unpaired) electrons. The van der Waals surface area contributed by atoms with E-state index in [2.05, 4.69) is 0 Å². The van der Waals surface area contributed by atoms with Crippen molar-refractivity contribution >= 4 is 15.9 Å². The van der Waals surface area contributed by atoms with Gasteiger partial charge in [0, 0.05) is 27.2 Å². The summed E-state index contributed by atoms with van der Waals surface area (Å²) in [4.78, 5) is 13.7. The van der Waals surface area contributed by atoms with Gasteiger partial charge < -0.3 is 4.90 Å². The van der Waals surface area contributed by atoms with Gasteiger partial charge in [-0.2, -0.15) is 4.31 Å². The Bertz CT molecular complexity index is 673. The highest BCUT2D eigenvalue weighted by molar-refractivity contribution is 7.89. The lowest BCUT2D eigenvalue weighted by molar-refractivity contribution is -0.134. The summed E-state index contributed by atoms with van der Waals surface area (Å²) < 4.78 is 40.0. The van der Waals surface area contributed by atoms with Crippen molar-refractivity contribution in [1.29, 1.82) is 0 Å². The van der Waals surface area contributed by atoms with Crippen LogP contribution in [0.1, 0.15) is 18.4 Å². The predicted molar refractivity (Wildman–Crippen MR) is 81.3 cm³/mol. The van der Waals surface area contributed by atoms with Crippen LogP contribution < -0.4 is 0 Å². The smallest absolute Gasteiger partial charge is 0.243 e. The Morgan fingerprint density at radius 2 is 2.05 bits per heavy atom. The van der Waals surface area contributed by atoms with Gasteiger partial charge in [-0.15, -0.1) is 0 Å². The van der Waals surface area contributed by atoms with Gasteiger partial charge in [0.1, 0.15) is 5.82 Å². The summed E-state index contributed by atoms with van der Waals surface area (Å²) in [7, 11) is -0.373. The molecule has 0 N–H and O–H groups in total. The monoisotopic (exact) mass is 328 g/mol. The van der Waals surface area contributed by atoms with E-state index in [-0.39, 0.29) is 23.3 Å². The lowest BCUT2D eigenvalue weighted by Gasteiger charge is -2.32. The molecule has 1 aromatic rings. The van der Waals surface area contributed by atoms with Crippen LogP contribution in [0, 0.1) is 18.7 Å². The lowest BCUT2D eigenvalue weighted by atomic mass is 9.98. The molecule has 1 aromatic carbocycles. The number of carbonyl (C=O) groups is 1. The van der Waals surface area contributed by atoms with Gasteiger partial charge in [-0.3, -0.25) is 4.79 Å². The maximum atomic E-state index is 13.2. The van der Waals surface area contributed by atoms with Gasteiger partial charge in [-0.1, -0.05) is 0 Å². The molecule has 1 saturated heterocycles. The van der Waals surface area contributed by atoms with E-state index in [9.17, 15) is 17.6 Å². The molecule has 0 aromatic heterocycles. The molecule has 122 valence electrons. The van der Waals surface area contributed by atoms with E-state index < -0.39 is 15.8 Å². The van der Waals surface area contributed by atoms with Gasteiger partial charge in [-0.05, 0) is 43.5 Å². The third-order valence-electron chi connectivity index (χ3n) is 3.93. The van der Waals surface area contributed by atoms with Crippen LogP contribution in [0.3, 0.4) is 0 Å². The van der Waals surface area contributed by atoms with Crippen molar-refractivity contribution < 1.29 is 17.6 Å². The average Bonchev–Trinajstić information content (AvgIpc) is 2.46. The van der Waals surface area contributed by atoms with E-state index in [1.54, 1.807) is 21.0 Å². The SMILES string of the molecule is Cc1cc(F)ccc1S(=O)(=O)N1CCC[C@H](C(=O)N(C)C)C1. The number of benzene rings is 1. The van der Waals surface area contributed by atoms with Crippen molar-refractivity contribution in [1.82, 2.24) is 9.21 Å². The first-order valence-electron chi connectivity index (χ1n) is 7.21. The van der Waals surface area contributed by atoms with Crippen LogP contribution in [0.2, 0.25) is 0 Å². The van der Waals surface area contributed by atoms with Crippen molar-refractivity contribution in [2.75, 3.05) is 27.2 Å². The highest BCUT2D eigenvalue weighted by atomic mass is 32.2. The Labute approximate surface area is 130 Å². The molecule has 1 amide bonds. The first kappa shape index (κ1) is 16.9. The minimum Gasteiger partial charge on any atom is -0.349 e. The fourth-order valence-electron chi connectivity index (χ4n) is 2.77. The molecule has 1 aliphatic rings. The number of aryl methyl sites for hydroxylation is 1. The number of hydrogen-bond acceptors (Lipinski definition) is 3. The number of rotatable bonds is 3. The molecule has 0 spiro atoms. The lowest BCUT2D eigenvalue weighted by Crippen LogP contribution is -2.45. The zero-order chi connectivity index (χ0) is 16.5. The summed E-state index contributed by atoms with van der Waals surface area (Å²) in [5, 5.41) is 0. The van der Waals surface area contributed by atoms with Crippen LogP contribution in [0.15, 0.2) is 23.1 Å². The molecule has 5 nitrogen and oxygen atoms in total. The van der Waals surface area contributed by atoms with E-state index in [1.807, 2.05) is 0 Å². The summed E-state index contributed by atoms with van der Waals surface area (Å²) in [6.07, 6.45) is 1.33. The van der Waals surface area contributed by atoms with Crippen LogP contribution in [0.5, 0.6) is 0 Å². The topological polar surface area (TPSA) is 57.7 Å². The maximum absolute atomic E-state index is 13.2. The molecule has 0 saturated carbocycles. The molecule has 1 aliphatic heterocycles. The molecular weight excluding hydrogens is 307 g/mol. The third kappa shape index (κ3) is 3.30. The summed E-state index contributed by atoms with van der Waals surface area (Å²) in [5.74, 6) is -0.842. The van der Waals surface area contributed by atoms with E-state index in [0.717, 1.165) is 6.07 Å². The number of piperidine rings is 1. The molecule has 0 aliphatic carbocycles. The normalized spacial score (nSPS) is 19.9. The van der Waals surface area contributed by atoms with Crippen molar-refractivity contribution in [3.63, 3.8) is 0 Å². The fraction of sp³-hybridized carbons (Fsp3) is 0.533. The largest absolute Gasteiger partial charge is 0.349 e. The molecule has 22 heavy (non-hydrogen) atoms. The first-order valence-corrected chi connectivity index (χ1v) is 8.65. The van der Waals surface area contributed by atoms with Crippen molar-refractivity contribution in [2.24, 2.45) is 5.92 Å². The number of halogens is 1. The predicted octanol–water partition coefficient (Wildman–Crippen LogP) is 1.62. The second kappa shape index (κ2) is 6.34. The summed E-state index contributed by atoms with van der Waals surface area (Å²) in [6.45, 7) is 2.13. The first-order chi connectivity index (χ1) is 10.2. The molecule has 1 atom stereocenters. The quantitative estimate of drug-likeness (QED) is 0.847. The van der Waals surface area contributed by atoms with Crippen molar-refractivity contribution in [3.05, 3.63) is 29.6 Å². The van der Waals surface area contributed by atoms with Gasteiger partial charge in [-0.25, -0.2) is 12.8 Å². The zero-order valence-corrected chi connectivity index (χ0v) is 13.9. The zero-order valence-electron chi connectivity index (χ0n) is 13.0. The van der Waals surface area contributed by atoms with Crippen LogP contribution in [-0.2, 0) is 14.8 Å². The van der Waals surface area contributed by atoms with Gasteiger partial charge in [0.05, 0.1) is 10.8 Å².